The van der Waals surface area contributed by atoms with Gasteiger partial charge in [-0.25, -0.2) is 8.42 Å². The van der Waals surface area contributed by atoms with Crippen molar-refractivity contribution >= 4 is 15.7 Å². The van der Waals surface area contributed by atoms with Gasteiger partial charge in [0, 0.05) is 29.8 Å². The second-order valence-electron chi connectivity index (χ2n) is 5.56. The van der Waals surface area contributed by atoms with Crippen LogP contribution in [0.2, 0.25) is 0 Å². The number of aromatic nitrogens is 1. The predicted molar refractivity (Wildman–Crippen MR) is 97.0 cm³/mol. The maximum Gasteiger partial charge on any atom is 0.261 e. The SMILES string of the molecule is COc1cc(NS(=O)(=O)c2ccc(-c3cc(C)no3)cc2)cc(OC)c1. The van der Waals surface area contributed by atoms with Crippen LogP contribution < -0.4 is 14.2 Å². The molecule has 0 unspecified atom stereocenters. The van der Waals surface area contributed by atoms with Crippen molar-refractivity contribution in [3.05, 3.63) is 54.2 Å². The van der Waals surface area contributed by atoms with E-state index in [9.17, 15) is 8.42 Å². The Kier molecular flexibility index (Phi) is 4.85. The van der Waals surface area contributed by atoms with E-state index in [1.54, 1.807) is 36.4 Å². The number of anilines is 1. The molecule has 0 amide bonds. The van der Waals surface area contributed by atoms with Gasteiger partial charge in [-0.05, 0) is 31.2 Å². The number of methoxy groups -OCH3 is 2. The first-order chi connectivity index (χ1) is 12.4. The molecule has 0 saturated heterocycles. The van der Waals surface area contributed by atoms with E-state index < -0.39 is 10.0 Å². The lowest BCUT2D eigenvalue weighted by Crippen LogP contribution is -2.13. The maximum atomic E-state index is 12.6. The third-order valence-electron chi connectivity index (χ3n) is 3.68. The Morgan fingerprint density at radius 2 is 1.58 bits per heavy atom. The molecule has 1 aromatic heterocycles. The quantitative estimate of drug-likeness (QED) is 0.710. The van der Waals surface area contributed by atoms with Gasteiger partial charge < -0.3 is 14.0 Å². The van der Waals surface area contributed by atoms with Crippen LogP contribution in [0.15, 0.2) is 57.9 Å². The summed E-state index contributed by atoms with van der Waals surface area (Å²) in [5.74, 6) is 1.55. The minimum atomic E-state index is -3.76. The van der Waals surface area contributed by atoms with Gasteiger partial charge in [0.05, 0.1) is 30.5 Å². The van der Waals surface area contributed by atoms with E-state index in [0.29, 0.717) is 22.9 Å². The minimum absolute atomic E-state index is 0.124. The summed E-state index contributed by atoms with van der Waals surface area (Å²) >= 11 is 0. The Morgan fingerprint density at radius 3 is 2.08 bits per heavy atom. The van der Waals surface area contributed by atoms with Crippen molar-refractivity contribution in [3.63, 3.8) is 0 Å². The zero-order chi connectivity index (χ0) is 18.7. The fraction of sp³-hybridized carbons (Fsp3) is 0.167. The van der Waals surface area contributed by atoms with Crippen molar-refractivity contribution in [1.29, 1.82) is 0 Å². The predicted octanol–water partition coefficient (Wildman–Crippen LogP) is 3.47. The average Bonchev–Trinajstić information content (AvgIpc) is 3.07. The molecule has 0 atom stereocenters. The lowest BCUT2D eigenvalue weighted by Gasteiger charge is -2.11. The van der Waals surface area contributed by atoms with Crippen molar-refractivity contribution in [3.8, 4) is 22.8 Å². The van der Waals surface area contributed by atoms with Crippen LogP contribution in [0, 0.1) is 6.92 Å². The maximum absolute atomic E-state index is 12.6. The van der Waals surface area contributed by atoms with Crippen LogP contribution in [-0.2, 0) is 10.0 Å². The molecular formula is C18H18N2O5S. The van der Waals surface area contributed by atoms with Gasteiger partial charge in [-0.3, -0.25) is 4.72 Å². The summed E-state index contributed by atoms with van der Waals surface area (Å²) in [5, 5.41) is 3.82. The summed E-state index contributed by atoms with van der Waals surface area (Å²) in [6.07, 6.45) is 0. The Morgan fingerprint density at radius 1 is 0.962 bits per heavy atom. The molecule has 0 spiro atoms. The van der Waals surface area contributed by atoms with Crippen LogP contribution in [0.1, 0.15) is 5.69 Å². The third kappa shape index (κ3) is 3.80. The standard InChI is InChI=1S/C18H18N2O5S/c1-12-8-18(25-19-12)13-4-6-17(7-5-13)26(21,22)20-14-9-15(23-2)11-16(10-14)24-3/h4-11,20H,1-3H3. The minimum Gasteiger partial charge on any atom is -0.497 e. The van der Waals surface area contributed by atoms with Crippen LogP contribution >= 0.6 is 0 Å². The fourth-order valence-corrected chi connectivity index (χ4v) is 3.42. The largest absolute Gasteiger partial charge is 0.497 e. The van der Waals surface area contributed by atoms with Gasteiger partial charge in [0.25, 0.3) is 10.0 Å². The Balaban J connectivity index is 1.86. The highest BCUT2D eigenvalue weighted by Crippen LogP contribution is 2.28. The van der Waals surface area contributed by atoms with Gasteiger partial charge in [0.2, 0.25) is 0 Å². The molecule has 0 aliphatic heterocycles. The van der Waals surface area contributed by atoms with Crippen LogP contribution in [-0.4, -0.2) is 27.8 Å². The van der Waals surface area contributed by atoms with E-state index >= 15 is 0 Å². The molecule has 0 aliphatic rings. The number of nitrogens with zero attached hydrogens (tertiary/aromatic N) is 1. The van der Waals surface area contributed by atoms with Crippen molar-refractivity contribution in [2.75, 3.05) is 18.9 Å². The Labute approximate surface area is 151 Å². The van der Waals surface area contributed by atoms with Gasteiger partial charge in [-0.2, -0.15) is 0 Å². The van der Waals surface area contributed by atoms with Crippen molar-refractivity contribution in [1.82, 2.24) is 5.16 Å². The van der Waals surface area contributed by atoms with Crippen LogP contribution in [0.3, 0.4) is 0 Å². The molecule has 2 aromatic carbocycles. The second kappa shape index (κ2) is 7.09. The van der Waals surface area contributed by atoms with E-state index in [0.717, 1.165) is 11.3 Å². The average molecular weight is 374 g/mol. The van der Waals surface area contributed by atoms with E-state index in [-0.39, 0.29) is 4.90 Å². The lowest BCUT2D eigenvalue weighted by atomic mass is 10.2. The van der Waals surface area contributed by atoms with Gasteiger partial charge in [-0.1, -0.05) is 5.16 Å². The van der Waals surface area contributed by atoms with Crippen LogP contribution in [0.25, 0.3) is 11.3 Å². The molecule has 26 heavy (non-hydrogen) atoms. The van der Waals surface area contributed by atoms with Gasteiger partial charge in [0.15, 0.2) is 5.76 Å². The highest BCUT2D eigenvalue weighted by molar-refractivity contribution is 7.92. The van der Waals surface area contributed by atoms with E-state index in [1.165, 1.54) is 26.4 Å². The number of rotatable bonds is 6. The first kappa shape index (κ1) is 17.8. The highest BCUT2D eigenvalue weighted by Gasteiger charge is 2.16. The summed E-state index contributed by atoms with van der Waals surface area (Å²) in [5.41, 5.74) is 1.84. The summed E-state index contributed by atoms with van der Waals surface area (Å²) in [6, 6.07) is 12.9. The zero-order valence-corrected chi connectivity index (χ0v) is 15.3. The Hall–Kier alpha value is -3.00. The van der Waals surface area contributed by atoms with Crippen molar-refractivity contribution < 1.29 is 22.4 Å². The lowest BCUT2D eigenvalue weighted by molar-refractivity contribution is 0.395. The summed E-state index contributed by atoms with van der Waals surface area (Å²) in [4.78, 5) is 0.124. The molecule has 3 aromatic rings. The molecule has 0 fully saturated rings. The highest BCUT2D eigenvalue weighted by atomic mass is 32.2. The smallest absolute Gasteiger partial charge is 0.261 e. The summed E-state index contributed by atoms with van der Waals surface area (Å²) < 4.78 is 43.3. The monoisotopic (exact) mass is 374 g/mol. The molecule has 3 rings (SSSR count). The van der Waals surface area contributed by atoms with Crippen LogP contribution in [0.5, 0.6) is 11.5 Å². The number of benzene rings is 2. The normalized spacial score (nSPS) is 11.2. The topological polar surface area (TPSA) is 90.7 Å². The fourth-order valence-electron chi connectivity index (χ4n) is 2.38. The molecule has 0 radical (unpaired) electrons. The van der Waals surface area contributed by atoms with E-state index in [4.69, 9.17) is 14.0 Å². The molecule has 0 bridgehead atoms. The van der Waals surface area contributed by atoms with Crippen LogP contribution in [0.4, 0.5) is 5.69 Å². The molecule has 0 aliphatic carbocycles. The first-order valence-electron chi connectivity index (χ1n) is 7.71. The molecule has 7 nitrogen and oxygen atoms in total. The molecule has 1 heterocycles. The third-order valence-corrected chi connectivity index (χ3v) is 5.08. The molecule has 0 saturated carbocycles. The molecular weight excluding hydrogens is 356 g/mol. The first-order valence-corrected chi connectivity index (χ1v) is 9.19. The zero-order valence-electron chi connectivity index (χ0n) is 14.5. The molecule has 8 heteroatoms. The van der Waals surface area contributed by atoms with Crippen molar-refractivity contribution in [2.24, 2.45) is 0 Å². The van der Waals surface area contributed by atoms with E-state index in [2.05, 4.69) is 9.88 Å². The number of sulfonamides is 1. The number of hydrogen-bond donors (Lipinski definition) is 1. The van der Waals surface area contributed by atoms with Gasteiger partial charge in [-0.15, -0.1) is 0 Å². The van der Waals surface area contributed by atoms with Crippen molar-refractivity contribution in [2.45, 2.75) is 11.8 Å². The van der Waals surface area contributed by atoms with E-state index in [1.807, 2.05) is 6.92 Å². The van der Waals surface area contributed by atoms with Gasteiger partial charge in [0.1, 0.15) is 11.5 Å². The molecule has 136 valence electrons. The number of aryl methyl sites for hydroxylation is 1. The summed E-state index contributed by atoms with van der Waals surface area (Å²) in [7, 11) is -0.770. The second-order valence-corrected chi connectivity index (χ2v) is 7.25. The number of hydrogen-bond acceptors (Lipinski definition) is 6. The molecule has 1 N–H and O–H groups in total. The number of ether oxygens (including phenoxy) is 2. The van der Waals surface area contributed by atoms with Gasteiger partial charge >= 0.3 is 0 Å². The Bertz CT molecular complexity index is 988. The summed E-state index contributed by atoms with van der Waals surface area (Å²) in [6.45, 7) is 1.82. The number of nitrogens with one attached hydrogen (secondary N) is 1.